The minimum absolute atomic E-state index is 0.209. The lowest BCUT2D eigenvalue weighted by Gasteiger charge is -2.41. The number of anilines is 1. The van der Waals surface area contributed by atoms with Crippen molar-refractivity contribution in [3.63, 3.8) is 0 Å². The number of amides is 1. The molecule has 2 rings (SSSR count). The Kier molecular flexibility index (Phi) is 3.07. The molecule has 0 aliphatic carbocycles. The van der Waals surface area contributed by atoms with Crippen molar-refractivity contribution in [2.45, 2.75) is 32.4 Å². The van der Waals surface area contributed by atoms with Crippen LogP contribution in [0.4, 0.5) is 10.5 Å². The molecule has 0 spiro atoms. The molecular weight excluding hydrogens is 216 g/mol. The summed E-state index contributed by atoms with van der Waals surface area (Å²) in [5, 5.41) is 0. The van der Waals surface area contributed by atoms with Gasteiger partial charge in [0.2, 0.25) is 0 Å². The first-order valence-electron chi connectivity index (χ1n) is 5.80. The van der Waals surface area contributed by atoms with Gasteiger partial charge in [0, 0.05) is 24.2 Å². The molecule has 1 saturated heterocycles. The molecule has 92 valence electrons. The molecule has 4 nitrogen and oxygen atoms in total. The van der Waals surface area contributed by atoms with Crippen LogP contribution in [0.25, 0.3) is 0 Å². The Bertz CT molecular complexity index is 412. The fraction of sp³-hybridized carbons (Fsp3) is 0.462. The Hall–Kier alpha value is -1.55. The van der Waals surface area contributed by atoms with Gasteiger partial charge in [-0.15, -0.1) is 0 Å². The molecule has 0 atom stereocenters. The molecule has 0 radical (unpaired) electrons. The third-order valence-corrected chi connectivity index (χ3v) is 3.16. The third-order valence-electron chi connectivity index (χ3n) is 3.16. The molecule has 1 amide bonds. The Morgan fingerprint density at radius 3 is 2.53 bits per heavy atom. The van der Waals surface area contributed by atoms with E-state index in [0.29, 0.717) is 13.2 Å². The predicted molar refractivity (Wildman–Crippen MR) is 66.9 cm³/mol. The quantitative estimate of drug-likeness (QED) is 0.854. The maximum Gasteiger partial charge on any atom is 0.414 e. The monoisotopic (exact) mass is 234 g/mol. The van der Waals surface area contributed by atoms with Crippen LogP contribution in [0.1, 0.15) is 25.8 Å². The number of carbonyl (C=O) groups excluding carboxylic acids is 1. The number of ether oxygens (including phenoxy) is 1. The highest BCUT2D eigenvalue weighted by molar-refractivity contribution is 5.89. The highest BCUT2D eigenvalue weighted by Gasteiger charge is 2.37. The van der Waals surface area contributed by atoms with Gasteiger partial charge in [-0.2, -0.15) is 0 Å². The van der Waals surface area contributed by atoms with E-state index >= 15 is 0 Å². The van der Waals surface area contributed by atoms with Crippen molar-refractivity contribution in [3.8, 4) is 0 Å². The van der Waals surface area contributed by atoms with E-state index < -0.39 is 0 Å². The molecule has 1 heterocycles. The zero-order valence-corrected chi connectivity index (χ0v) is 10.3. The van der Waals surface area contributed by atoms with Crippen molar-refractivity contribution in [1.29, 1.82) is 0 Å². The highest BCUT2D eigenvalue weighted by atomic mass is 16.6. The minimum atomic E-state index is -0.276. The summed E-state index contributed by atoms with van der Waals surface area (Å²) in [5.41, 5.74) is 7.26. The summed E-state index contributed by atoms with van der Waals surface area (Å²) in [6, 6.07) is 7.70. The molecule has 0 aromatic heterocycles. The van der Waals surface area contributed by atoms with Crippen LogP contribution in [0.2, 0.25) is 0 Å². The topological polar surface area (TPSA) is 55.6 Å². The van der Waals surface area contributed by atoms with Gasteiger partial charge in [0.25, 0.3) is 0 Å². The van der Waals surface area contributed by atoms with E-state index in [0.717, 1.165) is 17.7 Å². The third kappa shape index (κ3) is 2.26. The summed E-state index contributed by atoms with van der Waals surface area (Å²) in [4.78, 5) is 13.5. The maximum absolute atomic E-state index is 11.8. The number of benzene rings is 1. The van der Waals surface area contributed by atoms with E-state index in [9.17, 15) is 4.79 Å². The number of hydrogen-bond acceptors (Lipinski definition) is 3. The Morgan fingerprint density at radius 2 is 2.00 bits per heavy atom. The van der Waals surface area contributed by atoms with Crippen molar-refractivity contribution in [3.05, 3.63) is 29.8 Å². The first-order valence-corrected chi connectivity index (χ1v) is 5.80. The fourth-order valence-electron chi connectivity index (χ4n) is 2.05. The molecule has 2 N–H and O–H groups in total. The molecule has 1 aliphatic heterocycles. The Morgan fingerprint density at radius 1 is 1.35 bits per heavy atom. The molecule has 17 heavy (non-hydrogen) atoms. The van der Waals surface area contributed by atoms with Crippen molar-refractivity contribution >= 4 is 11.8 Å². The van der Waals surface area contributed by atoms with Crippen LogP contribution in [0.5, 0.6) is 0 Å². The number of carbonyl (C=O) groups is 1. The standard InChI is InChI=1S/C13H18N2O2/c1-13(2)7-8-17-12(16)15(13)11-5-3-10(9-14)4-6-11/h3-6H,7-9,14H2,1-2H3. The van der Waals surface area contributed by atoms with E-state index in [-0.39, 0.29) is 11.6 Å². The molecule has 4 heteroatoms. The molecular formula is C13H18N2O2. The smallest absolute Gasteiger partial charge is 0.414 e. The van der Waals surface area contributed by atoms with E-state index in [4.69, 9.17) is 10.5 Å². The fourth-order valence-corrected chi connectivity index (χ4v) is 2.05. The van der Waals surface area contributed by atoms with Gasteiger partial charge in [-0.1, -0.05) is 12.1 Å². The Balaban J connectivity index is 2.32. The Labute approximate surface area is 101 Å². The average Bonchev–Trinajstić information content (AvgIpc) is 2.28. The molecule has 0 unspecified atom stereocenters. The first-order chi connectivity index (χ1) is 8.04. The van der Waals surface area contributed by atoms with Crippen LogP contribution in [-0.2, 0) is 11.3 Å². The van der Waals surface area contributed by atoms with Gasteiger partial charge in [0.1, 0.15) is 0 Å². The van der Waals surface area contributed by atoms with E-state index in [1.807, 2.05) is 38.1 Å². The summed E-state index contributed by atoms with van der Waals surface area (Å²) < 4.78 is 5.10. The van der Waals surface area contributed by atoms with Gasteiger partial charge in [0.15, 0.2) is 0 Å². The highest BCUT2D eigenvalue weighted by Crippen LogP contribution is 2.30. The van der Waals surface area contributed by atoms with Crippen molar-refractivity contribution < 1.29 is 9.53 Å². The molecule has 1 aromatic carbocycles. The van der Waals surface area contributed by atoms with Crippen molar-refractivity contribution in [2.24, 2.45) is 5.73 Å². The van der Waals surface area contributed by atoms with Crippen molar-refractivity contribution in [1.82, 2.24) is 0 Å². The van der Waals surface area contributed by atoms with Crippen LogP contribution >= 0.6 is 0 Å². The predicted octanol–water partition coefficient (Wildman–Crippen LogP) is 2.27. The van der Waals surface area contributed by atoms with Gasteiger partial charge >= 0.3 is 6.09 Å². The second-order valence-electron chi connectivity index (χ2n) is 4.88. The summed E-state index contributed by atoms with van der Waals surface area (Å²) in [6.45, 7) is 5.09. The van der Waals surface area contributed by atoms with Crippen molar-refractivity contribution in [2.75, 3.05) is 11.5 Å². The summed E-state index contributed by atoms with van der Waals surface area (Å²) in [6.07, 6.45) is 0.555. The summed E-state index contributed by atoms with van der Waals surface area (Å²) >= 11 is 0. The van der Waals surface area contributed by atoms with Crippen LogP contribution in [0, 0.1) is 0 Å². The maximum atomic E-state index is 11.8. The molecule has 0 bridgehead atoms. The lowest BCUT2D eigenvalue weighted by atomic mass is 9.96. The van der Waals surface area contributed by atoms with Crippen LogP contribution < -0.4 is 10.6 Å². The van der Waals surface area contributed by atoms with Crippen LogP contribution in [-0.4, -0.2) is 18.2 Å². The van der Waals surface area contributed by atoms with Gasteiger partial charge in [-0.25, -0.2) is 4.79 Å². The lowest BCUT2D eigenvalue weighted by molar-refractivity contribution is 0.115. The van der Waals surface area contributed by atoms with Gasteiger partial charge in [-0.05, 0) is 31.5 Å². The number of hydrogen-bond donors (Lipinski definition) is 1. The zero-order chi connectivity index (χ0) is 12.5. The zero-order valence-electron chi connectivity index (χ0n) is 10.3. The van der Waals surface area contributed by atoms with Gasteiger partial charge in [0.05, 0.1) is 6.61 Å². The SMILES string of the molecule is CC1(C)CCOC(=O)N1c1ccc(CN)cc1. The number of nitrogens with zero attached hydrogens (tertiary/aromatic N) is 1. The van der Waals surface area contributed by atoms with E-state index in [2.05, 4.69) is 0 Å². The first kappa shape index (κ1) is 11.9. The van der Waals surface area contributed by atoms with E-state index in [1.165, 1.54) is 0 Å². The lowest BCUT2D eigenvalue weighted by Crippen LogP contribution is -2.52. The van der Waals surface area contributed by atoms with Crippen LogP contribution in [0.15, 0.2) is 24.3 Å². The van der Waals surface area contributed by atoms with E-state index in [1.54, 1.807) is 4.90 Å². The molecule has 1 aliphatic rings. The largest absolute Gasteiger partial charge is 0.449 e. The van der Waals surface area contributed by atoms with Gasteiger partial charge < -0.3 is 10.5 Å². The number of nitrogens with two attached hydrogens (primary N) is 1. The van der Waals surface area contributed by atoms with Gasteiger partial charge in [-0.3, -0.25) is 4.90 Å². The summed E-state index contributed by atoms with van der Waals surface area (Å²) in [5.74, 6) is 0. The minimum Gasteiger partial charge on any atom is -0.449 e. The second kappa shape index (κ2) is 4.37. The summed E-state index contributed by atoms with van der Waals surface area (Å²) in [7, 11) is 0. The molecule has 1 fully saturated rings. The average molecular weight is 234 g/mol. The second-order valence-corrected chi connectivity index (χ2v) is 4.88. The molecule has 1 aromatic rings. The number of cyclic esters (lactones) is 1. The van der Waals surface area contributed by atoms with Crippen LogP contribution in [0.3, 0.4) is 0 Å². The molecule has 0 saturated carbocycles. The number of rotatable bonds is 2. The normalized spacial score (nSPS) is 19.0.